The zero-order chi connectivity index (χ0) is 17.1. The molecule has 8 nitrogen and oxygen atoms in total. The number of hydrogen-bond acceptors (Lipinski definition) is 7. The van der Waals surface area contributed by atoms with Crippen LogP contribution >= 0.6 is 0 Å². The molecule has 3 rings (SSSR count). The number of nitrogens with one attached hydrogen (secondary N) is 1. The van der Waals surface area contributed by atoms with E-state index in [9.17, 15) is 10.1 Å². The van der Waals surface area contributed by atoms with Crippen LogP contribution in [-0.4, -0.2) is 19.2 Å². The summed E-state index contributed by atoms with van der Waals surface area (Å²) in [6.45, 7) is 0.608. The summed E-state index contributed by atoms with van der Waals surface area (Å²) in [4.78, 5) is 13.7. The number of nitriles is 3. The Hall–Kier alpha value is -3.70. The molecule has 1 aromatic carbocycles. The number of carbonyl (C=O) groups is 1. The summed E-state index contributed by atoms with van der Waals surface area (Å²) in [5.74, 6) is 0.916. The van der Waals surface area contributed by atoms with E-state index in [0.29, 0.717) is 35.8 Å². The normalized spacial score (nSPS) is 14.5. The van der Waals surface area contributed by atoms with Gasteiger partial charge in [0.15, 0.2) is 17.1 Å². The summed E-state index contributed by atoms with van der Waals surface area (Å²) in [5, 5.41) is 29.9. The Labute approximate surface area is 137 Å². The van der Waals surface area contributed by atoms with Gasteiger partial charge in [0.1, 0.15) is 23.9 Å². The van der Waals surface area contributed by atoms with Crippen molar-refractivity contribution in [3.05, 3.63) is 23.4 Å². The predicted molar refractivity (Wildman–Crippen MR) is 81.6 cm³/mol. The zero-order valence-corrected chi connectivity index (χ0v) is 12.5. The number of fused-ring (bicyclic) bond motifs is 1. The van der Waals surface area contributed by atoms with Crippen LogP contribution in [0.2, 0.25) is 0 Å². The standard InChI is InChI=1S/C16H11N5O3/c17-6-10(7-18)12(8-19)20-11-4-14-15(24-9-23-14)5-13(11)21-3-1-2-16(21)22/h4-5,20H,1-3,9H2. The van der Waals surface area contributed by atoms with Gasteiger partial charge in [-0.25, -0.2) is 0 Å². The van der Waals surface area contributed by atoms with E-state index in [4.69, 9.17) is 20.0 Å². The lowest BCUT2D eigenvalue weighted by atomic mass is 10.2. The molecule has 8 heteroatoms. The second-order valence-corrected chi connectivity index (χ2v) is 5.08. The van der Waals surface area contributed by atoms with Gasteiger partial charge in [0, 0.05) is 25.1 Å². The number of anilines is 2. The minimum absolute atomic E-state index is 0.0415. The van der Waals surface area contributed by atoms with E-state index in [1.165, 1.54) is 0 Å². The van der Waals surface area contributed by atoms with Crippen molar-refractivity contribution < 1.29 is 14.3 Å². The summed E-state index contributed by atoms with van der Waals surface area (Å²) in [6.07, 6.45) is 1.17. The van der Waals surface area contributed by atoms with Crippen molar-refractivity contribution in [2.45, 2.75) is 12.8 Å². The van der Waals surface area contributed by atoms with Crippen LogP contribution < -0.4 is 19.7 Å². The molecule has 118 valence electrons. The Kier molecular flexibility index (Phi) is 3.93. The van der Waals surface area contributed by atoms with Crippen LogP contribution in [0.5, 0.6) is 11.5 Å². The van der Waals surface area contributed by atoms with E-state index in [0.717, 1.165) is 6.42 Å². The first kappa shape index (κ1) is 15.2. The molecule has 2 heterocycles. The van der Waals surface area contributed by atoms with Gasteiger partial charge in [-0.15, -0.1) is 0 Å². The van der Waals surface area contributed by atoms with Crippen molar-refractivity contribution >= 4 is 17.3 Å². The van der Waals surface area contributed by atoms with Crippen LogP contribution in [-0.2, 0) is 4.79 Å². The summed E-state index contributed by atoms with van der Waals surface area (Å²) >= 11 is 0. The molecule has 0 unspecified atom stereocenters. The predicted octanol–water partition coefficient (Wildman–Crippen LogP) is 1.78. The van der Waals surface area contributed by atoms with Gasteiger partial charge < -0.3 is 19.7 Å². The summed E-state index contributed by atoms with van der Waals surface area (Å²) in [7, 11) is 0. The maximum Gasteiger partial charge on any atom is 0.231 e. The van der Waals surface area contributed by atoms with Crippen molar-refractivity contribution in [1.82, 2.24) is 0 Å². The second-order valence-electron chi connectivity index (χ2n) is 5.08. The molecular formula is C16H11N5O3. The Balaban J connectivity index is 2.08. The molecule has 0 spiro atoms. The number of rotatable bonds is 3. The highest BCUT2D eigenvalue weighted by atomic mass is 16.7. The number of benzene rings is 1. The van der Waals surface area contributed by atoms with E-state index in [1.807, 2.05) is 0 Å². The average Bonchev–Trinajstić information content (AvgIpc) is 3.22. The molecule has 1 saturated heterocycles. The van der Waals surface area contributed by atoms with Crippen LogP contribution in [0.25, 0.3) is 0 Å². The lowest BCUT2D eigenvalue weighted by Crippen LogP contribution is -2.24. The minimum Gasteiger partial charge on any atom is -0.454 e. The zero-order valence-electron chi connectivity index (χ0n) is 12.5. The molecule has 1 aromatic rings. The fourth-order valence-electron chi connectivity index (χ4n) is 2.58. The highest BCUT2D eigenvalue weighted by Crippen LogP contribution is 2.42. The van der Waals surface area contributed by atoms with E-state index >= 15 is 0 Å². The SMILES string of the molecule is N#CC(C#N)=C(C#N)Nc1cc2c(cc1N1CCCC1=O)OCO2. The largest absolute Gasteiger partial charge is 0.454 e. The third-order valence-corrected chi connectivity index (χ3v) is 3.70. The average molecular weight is 321 g/mol. The lowest BCUT2D eigenvalue weighted by molar-refractivity contribution is -0.117. The molecule has 1 N–H and O–H groups in total. The maximum absolute atomic E-state index is 12.1. The van der Waals surface area contributed by atoms with Crippen molar-refractivity contribution in [3.63, 3.8) is 0 Å². The smallest absolute Gasteiger partial charge is 0.231 e. The fraction of sp³-hybridized carbons (Fsp3) is 0.250. The monoisotopic (exact) mass is 321 g/mol. The van der Waals surface area contributed by atoms with Crippen molar-refractivity contribution in [2.75, 3.05) is 23.6 Å². The van der Waals surface area contributed by atoms with Gasteiger partial charge in [-0.2, -0.15) is 15.8 Å². The summed E-state index contributed by atoms with van der Waals surface area (Å²) in [6, 6.07) is 8.38. The van der Waals surface area contributed by atoms with Gasteiger partial charge in [0.2, 0.25) is 12.7 Å². The maximum atomic E-state index is 12.1. The van der Waals surface area contributed by atoms with Crippen LogP contribution in [0.4, 0.5) is 11.4 Å². The van der Waals surface area contributed by atoms with Crippen molar-refractivity contribution in [3.8, 4) is 29.7 Å². The number of nitrogens with zero attached hydrogens (tertiary/aromatic N) is 4. The third-order valence-electron chi connectivity index (χ3n) is 3.70. The first-order valence-electron chi connectivity index (χ1n) is 7.13. The van der Waals surface area contributed by atoms with Crippen molar-refractivity contribution in [2.24, 2.45) is 0 Å². The summed E-state index contributed by atoms with van der Waals surface area (Å²) in [5.41, 5.74) is 0.388. The molecule has 1 amide bonds. The molecule has 0 bridgehead atoms. The van der Waals surface area contributed by atoms with Crippen LogP contribution in [0.15, 0.2) is 23.4 Å². The highest BCUT2D eigenvalue weighted by molar-refractivity contribution is 5.99. The van der Waals surface area contributed by atoms with Gasteiger partial charge in [-0.3, -0.25) is 4.79 Å². The molecule has 2 aliphatic rings. The Morgan fingerprint density at radius 3 is 2.42 bits per heavy atom. The number of hydrogen-bond donors (Lipinski definition) is 1. The fourth-order valence-corrected chi connectivity index (χ4v) is 2.58. The molecule has 1 fully saturated rings. The van der Waals surface area contributed by atoms with E-state index in [-0.39, 0.29) is 24.0 Å². The molecule has 0 atom stereocenters. The van der Waals surface area contributed by atoms with Crippen molar-refractivity contribution in [1.29, 1.82) is 15.8 Å². The molecule has 2 aliphatic heterocycles. The van der Waals surface area contributed by atoms with Gasteiger partial charge in [-0.1, -0.05) is 0 Å². The molecule has 0 radical (unpaired) electrons. The second kappa shape index (κ2) is 6.20. The van der Waals surface area contributed by atoms with Crippen LogP contribution in [0.1, 0.15) is 12.8 Å². The van der Waals surface area contributed by atoms with Gasteiger partial charge in [0.25, 0.3) is 0 Å². The van der Waals surface area contributed by atoms with E-state index in [1.54, 1.807) is 35.2 Å². The number of amides is 1. The summed E-state index contributed by atoms with van der Waals surface area (Å²) < 4.78 is 10.7. The molecule has 24 heavy (non-hydrogen) atoms. The molecule has 0 aromatic heterocycles. The minimum atomic E-state index is -0.339. The van der Waals surface area contributed by atoms with Crippen LogP contribution in [0.3, 0.4) is 0 Å². The van der Waals surface area contributed by atoms with Crippen LogP contribution in [0, 0.1) is 34.0 Å². The number of ether oxygens (including phenoxy) is 2. The first-order chi connectivity index (χ1) is 11.7. The number of carbonyl (C=O) groups excluding carboxylic acids is 1. The Bertz CT molecular complexity index is 853. The molecule has 0 saturated carbocycles. The quantitative estimate of drug-likeness (QED) is 0.842. The lowest BCUT2D eigenvalue weighted by Gasteiger charge is -2.21. The van der Waals surface area contributed by atoms with E-state index in [2.05, 4.69) is 5.32 Å². The number of allylic oxidation sites excluding steroid dienone is 2. The molecule has 0 aliphatic carbocycles. The van der Waals surface area contributed by atoms with Gasteiger partial charge in [-0.05, 0) is 6.42 Å². The first-order valence-corrected chi connectivity index (χ1v) is 7.13. The highest BCUT2D eigenvalue weighted by Gasteiger charge is 2.27. The molecular weight excluding hydrogens is 310 g/mol. The van der Waals surface area contributed by atoms with Gasteiger partial charge in [0.05, 0.1) is 11.4 Å². The van der Waals surface area contributed by atoms with E-state index < -0.39 is 0 Å². The third kappa shape index (κ3) is 2.55. The topological polar surface area (TPSA) is 122 Å². The Morgan fingerprint density at radius 2 is 1.83 bits per heavy atom. The van der Waals surface area contributed by atoms with Gasteiger partial charge >= 0.3 is 0 Å². The Morgan fingerprint density at radius 1 is 1.12 bits per heavy atom.